The van der Waals surface area contributed by atoms with Gasteiger partial charge in [0.15, 0.2) is 0 Å². The standard InChI is InChI=1S/C27H29Cl2N3O/c1-4-27-12-11-21(20-10-7-18(15-22(20)29)25-30-13-14-32(25)3)23(17-5-8-19(28)9-6-17)24(27)16(2)31-26(27)33/h5-10,13-16,21,23-24H,4,11-12H2,1-3H3,(H,31,33)/t16-,21+,23+,24+,27-/m1/s1. The number of imidazole rings is 1. The first kappa shape index (κ1) is 22.5. The van der Waals surface area contributed by atoms with Gasteiger partial charge in [-0.3, -0.25) is 4.79 Å². The van der Waals surface area contributed by atoms with Crippen molar-refractivity contribution in [2.24, 2.45) is 18.4 Å². The summed E-state index contributed by atoms with van der Waals surface area (Å²) >= 11 is 13.2. The number of rotatable bonds is 4. The van der Waals surface area contributed by atoms with Gasteiger partial charge in [-0.25, -0.2) is 4.98 Å². The molecular weight excluding hydrogens is 453 g/mol. The van der Waals surface area contributed by atoms with Crippen molar-refractivity contribution >= 4 is 29.1 Å². The second kappa shape index (κ2) is 8.48. The first-order chi connectivity index (χ1) is 15.9. The minimum atomic E-state index is -0.334. The highest BCUT2D eigenvalue weighted by Crippen LogP contribution is 2.60. The monoisotopic (exact) mass is 481 g/mol. The Kier molecular flexibility index (Phi) is 5.78. The molecule has 5 rings (SSSR count). The molecule has 4 nitrogen and oxygen atoms in total. The van der Waals surface area contributed by atoms with Crippen LogP contribution in [-0.2, 0) is 11.8 Å². The van der Waals surface area contributed by atoms with Crippen LogP contribution < -0.4 is 5.32 Å². The molecule has 2 fully saturated rings. The summed E-state index contributed by atoms with van der Waals surface area (Å²) in [4.78, 5) is 17.6. The van der Waals surface area contributed by atoms with Crippen LogP contribution in [0.15, 0.2) is 54.9 Å². The third-order valence-corrected chi connectivity index (χ3v) is 8.65. The molecule has 5 atom stereocenters. The van der Waals surface area contributed by atoms with E-state index in [9.17, 15) is 4.79 Å². The highest BCUT2D eigenvalue weighted by atomic mass is 35.5. The molecule has 1 aromatic heterocycles. The average molecular weight is 482 g/mol. The molecule has 0 unspecified atom stereocenters. The van der Waals surface area contributed by atoms with Gasteiger partial charge in [-0.2, -0.15) is 0 Å². The SMILES string of the molecule is CC[C@@]12CC[C@@H](c3ccc(-c4nccn4C)cc3Cl)[C@H](c3ccc(Cl)cc3)[C@@H]1[C@@H](C)NC2=O. The van der Waals surface area contributed by atoms with Crippen molar-refractivity contribution in [2.75, 3.05) is 0 Å². The van der Waals surface area contributed by atoms with Crippen molar-refractivity contribution in [3.05, 3.63) is 76.0 Å². The number of fused-ring (bicyclic) bond motifs is 1. The van der Waals surface area contributed by atoms with Gasteiger partial charge in [-0.05, 0) is 67.3 Å². The summed E-state index contributed by atoms with van der Waals surface area (Å²) in [6.07, 6.45) is 6.36. The number of nitrogens with one attached hydrogen (secondary N) is 1. The number of benzene rings is 2. The number of amides is 1. The van der Waals surface area contributed by atoms with Gasteiger partial charge in [-0.1, -0.05) is 54.4 Å². The summed E-state index contributed by atoms with van der Waals surface area (Å²) in [5, 5.41) is 4.75. The van der Waals surface area contributed by atoms with Crippen LogP contribution in [-0.4, -0.2) is 21.5 Å². The van der Waals surface area contributed by atoms with Gasteiger partial charge in [0.05, 0.1) is 5.41 Å². The van der Waals surface area contributed by atoms with Crippen LogP contribution in [0.5, 0.6) is 0 Å². The van der Waals surface area contributed by atoms with Crippen LogP contribution >= 0.6 is 23.2 Å². The van der Waals surface area contributed by atoms with E-state index in [1.54, 1.807) is 6.20 Å². The molecule has 2 aliphatic rings. The van der Waals surface area contributed by atoms with Gasteiger partial charge >= 0.3 is 0 Å². The first-order valence-corrected chi connectivity index (χ1v) is 12.4. The van der Waals surface area contributed by atoms with Gasteiger partial charge in [0.2, 0.25) is 5.91 Å². The van der Waals surface area contributed by atoms with Crippen LogP contribution in [0.3, 0.4) is 0 Å². The fraction of sp³-hybridized carbons (Fsp3) is 0.407. The first-order valence-electron chi connectivity index (χ1n) is 11.7. The molecule has 0 bridgehead atoms. The van der Waals surface area contributed by atoms with Crippen LogP contribution in [0.1, 0.15) is 56.1 Å². The fourth-order valence-electron chi connectivity index (χ4n) is 6.51. The van der Waals surface area contributed by atoms with Crippen molar-refractivity contribution in [1.82, 2.24) is 14.9 Å². The molecule has 1 N–H and O–H groups in total. The van der Waals surface area contributed by atoms with Crippen molar-refractivity contribution in [3.63, 3.8) is 0 Å². The highest BCUT2D eigenvalue weighted by Gasteiger charge is 2.59. The maximum atomic E-state index is 13.2. The van der Waals surface area contributed by atoms with E-state index < -0.39 is 0 Å². The molecule has 33 heavy (non-hydrogen) atoms. The van der Waals surface area contributed by atoms with Crippen molar-refractivity contribution in [3.8, 4) is 11.4 Å². The molecule has 0 radical (unpaired) electrons. The van der Waals surface area contributed by atoms with Gasteiger partial charge in [0.25, 0.3) is 0 Å². The Labute approximate surface area is 205 Å². The number of aromatic nitrogens is 2. The molecular formula is C27H29Cl2N3O. The molecule has 1 saturated carbocycles. The molecule has 3 aromatic rings. The Bertz CT molecular complexity index is 1190. The number of carbonyl (C=O) groups excluding carboxylic acids is 1. The third kappa shape index (κ3) is 3.59. The van der Waals surface area contributed by atoms with Gasteiger partial charge in [-0.15, -0.1) is 0 Å². The van der Waals surface area contributed by atoms with E-state index in [0.717, 1.165) is 46.3 Å². The summed E-state index contributed by atoms with van der Waals surface area (Å²) in [5.41, 5.74) is 3.04. The van der Waals surface area contributed by atoms with Crippen LogP contribution in [0, 0.1) is 11.3 Å². The smallest absolute Gasteiger partial charge is 0.226 e. The van der Waals surface area contributed by atoms with E-state index in [2.05, 4.69) is 48.4 Å². The number of carbonyl (C=O) groups is 1. The minimum Gasteiger partial charge on any atom is -0.353 e. The third-order valence-electron chi connectivity index (χ3n) is 8.07. The molecule has 1 aliphatic carbocycles. The molecule has 1 aliphatic heterocycles. The molecule has 1 saturated heterocycles. The Morgan fingerprint density at radius 3 is 2.58 bits per heavy atom. The van der Waals surface area contributed by atoms with Crippen LogP contribution in [0.2, 0.25) is 10.0 Å². The van der Waals surface area contributed by atoms with E-state index in [-0.39, 0.29) is 35.1 Å². The quantitative estimate of drug-likeness (QED) is 0.456. The summed E-state index contributed by atoms with van der Waals surface area (Å²) in [7, 11) is 1.98. The Morgan fingerprint density at radius 1 is 1.18 bits per heavy atom. The maximum Gasteiger partial charge on any atom is 0.226 e. The summed E-state index contributed by atoms with van der Waals surface area (Å²) < 4.78 is 2.00. The van der Waals surface area contributed by atoms with Crippen molar-refractivity contribution in [2.45, 2.75) is 51.0 Å². The van der Waals surface area contributed by atoms with Gasteiger partial charge in [0.1, 0.15) is 5.82 Å². The Balaban J connectivity index is 1.61. The second-order valence-electron chi connectivity index (χ2n) is 9.62. The van der Waals surface area contributed by atoms with Gasteiger partial charge < -0.3 is 9.88 Å². The molecule has 1 amide bonds. The van der Waals surface area contributed by atoms with Crippen LogP contribution in [0.25, 0.3) is 11.4 Å². The van der Waals surface area contributed by atoms with E-state index in [1.165, 1.54) is 5.56 Å². The van der Waals surface area contributed by atoms with Gasteiger partial charge in [0, 0.05) is 47.0 Å². The van der Waals surface area contributed by atoms with E-state index in [1.807, 2.05) is 36.0 Å². The number of hydrogen-bond donors (Lipinski definition) is 1. The lowest BCUT2D eigenvalue weighted by molar-refractivity contribution is -0.131. The van der Waals surface area contributed by atoms with E-state index >= 15 is 0 Å². The topological polar surface area (TPSA) is 46.9 Å². The molecule has 2 aromatic carbocycles. The highest BCUT2D eigenvalue weighted by molar-refractivity contribution is 6.31. The molecule has 6 heteroatoms. The Morgan fingerprint density at radius 2 is 1.94 bits per heavy atom. The molecule has 2 heterocycles. The number of halogens is 2. The number of hydrogen-bond acceptors (Lipinski definition) is 2. The zero-order chi connectivity index (χ0) is 23.3. The zero-order valence-corrected chi connectivity index (χ0v) is 20.7. The summed E-state index contributed by atoms with van der Waals surface area (Å²) in [5.74, 6) is 1.68. The number of aryl methyl sites for hydroxylation is 1. The van der Waals surface area contributed by atoms with Crippen molar-refractivity contribution in [1.29, 1.82) is 0 Å². The van der Waals surface area contributed by atoms with Crippen molar-refractivity contribution < 1.29 is 4.79 Å². The second-order valence-corrected chi connectivity index (χ2v) is 10.5. The predicted octanol–water partition coefficient (Wildman–Crippen LogP) is 6.59. The molecule has 0 spiro atoms. The molecule has 172 valence electrons. The fourth-order valence-corrected chi connectivity index (χ4v) is 6.95. The van der Waals surface area contributed by atoms with E-state index in [0.29, 0.717) is 0 Å². The van der Waals surface area contributed by atoms with E-state index in [4.69, 9.17) is 23.2 Å². The zero-order valence-electron chi connectivity index (χ0n) is 19.2. The summed E-state index contributed by atoms with van der Waals surface area (Å²) in [6.45, 7) is 4.30. The number of nitrogens with zero attached hydrogens (tertiary/aromatic N) is 2. The average Bonchev–Trinajstić information content (AvgIpc) is 3.34. The van der Waals surface area contributed by atoms with Crippen LogP contribution in [0.4, 0.5) is 0 Å². The summed E-state index contributed by atoms with van der Waals surface area (Å²) in [6, 6.07) is 14.6. The Hall–Kier alpha value is -2.30. The lowest BCUT2D eigenvalue weighted by Gasteiger charge is -2.47. The maximum absolute atomic E-state index is 13.2. The predicted molar refractivity (Wildman–Crippen MR) is 134 cm³/mol. The lowest BCUT2D eigenvalue weighted by atomic mass is 9.54. The lowest BCUT2D eigenvalue weighted by Crippen LogP contribution is -2.43. The normalized spacial score (nSPS) is 29.1. The minimum absolute atomic E-state index is 0.103. The largest absolute Gasteiger partial charge is 0.353 e.